The molecule has 3 aliphatic heterocycles. The molecule has 0 bridgehead atoms. The van der Waals surface area contributed by atoms with E-state index in [2.05, 4.69) is 45.6 Å². The fraction of sp³-hybridized carbons (Fsp3) is 0.526. The molecule has 2 aromatic rings. The monoisotopic (exact) mass is 673 g/mol. The summed E-state index contributed by atoms with van der Waals surface area (Å²) >= 11 is 0. The van der Waals surface area contributed by atoms with Crippen LogP contribution in [0.25, 0.3) is 0 Å². The largest absolute Gasteiger partial charge is 0.461 e. The van der Waals surface area contributed by atoms with Crippen molar-refractivity contribution in [1.29, 1.82) is 0 Å². The predicted molar refractivity (Wildman–Crippen MR) is 185 cm³/mol. The molecular formula is C38H51N5O6. The predicted octanol–water partition coefficient (Wildman–Crippen LogP) is 2.64. The number of benzene rings is 2. The van der Waals surface area contributed by atoms with Gasteiger partial charge in [-0.1, -0.05) is 61.0 Å². The first-order chi connectivity index (χ1) is 23.7. The first-order valence-electron chi connectivity index (χ1n) is 17.7. The Kier molecular flexibility index (Phi) is 11.5. The number of carbonyl (C=O) groups excluding carboxylic acids is 2. The van der Waals surface area contributed by atoms with E-state index in [0.717, 1.165) is 49.9 Å². The van der Waals surface area contributed by atoms with E-state index in [-0.39, 0.29) is 18.6 Å². The third-order valence-corrected chi connectivity index (χ3v) is 10.6. The Balaban J connectivity index is 1.13. The van der Waals surface area contributed by atoms with Gasteiger partial charge in [-0.05, 0) is 61.8 Å². The quantitative estimate of drug-likeness (QED) is 0.179. The van der Waals surface area contributed by atoms with E-state index in [1.807, 2.05) is 30.3 Å². The summed E-state index contributed by atoms with van der Waals surface area (Å²) in [6, 6.07) is 15.9. The van der Waals surface area contributed by atoms with E-state index in [9.17, 15) is 24.9 Å². The molecule has 4 fully saturated rings. The topological polar surface area (TPSA) is 138 Å². The molecule has 6 rings (SSSR count). The van der Waals surface area contributed by atoms with Crippen molar-refractivity contribution in [3.63, 3.8) is 0 Å². The highest BCUT2D eigenvalue weighted by molar-refractivity contribution is 6.02. The van der Waals surface area contributed by atoms with Gasteiger partial charge in [0.05, 0.1) is 12.5 Å². The van der Waals surface area contributed by atoms with Crippen molar-refractivity contribution in [1.82, 2.24) is 25.3 Å². The van der Waals surface area contributed by atoms with Crippen molar-refractivity contribution >= 4 is 11.9 Å². The molecule has 4 atom stereocenters. The molecule has 1 amide bonds. The molecule has 4 aliphatic rings. The van der Waals surface area contributed by atoms with Crippen molar-refractivity contribution < 1.29 is 29.6 Å². The lowest BCUT2D eigenvalue weighted by Gasteiger charge is -2.43. The number of piperidine rings is 1. The van der Waals surface area contributed by atoms with Crippen molar-refractivity contribution in [3.05, 3.63) is 93.7 Å². The van der Waals surface area contributed by atoms with Crippen LogP contribution < -0.4 is 10.6 Å². The van der Waals surface area contributed by atoms with Crippen molar-refractivity contribution in [3.8, 4) is 0 Å². The Bertz CT molecular complexity index is 1530. The van der Waals surface area contributed by atoms with Crippen LogP contribution in [0.3, 0.4) is 0 Å². The number of piperazine rings is 1. The number of ether oxygens (including phenoxy) is 1. The Labute approximate surface area is 289 Å². The van der Waals surface area contributed by atoms with Crippen molar-refractivity contribution in [2.45, 2.75) is 103 Å². The van der Waals surface area contributed by atoms with Gasteiger partial charge in [-0.3, -0.25) is 24.7 Å². The second-order valence-electron chi connectivity index (χ2n) is 13.9. The maximum absolute atomic E-state index is 13.8. The zero-order valence-corrected chi connectivity index (χ0v) is 28.7. The first-order valence-corrected chi connectivity index (χ1v) is 17.7. The highest BCUT2D eigenvalue weighted by atomic mass is 16.5. The van der Waals surface area contributed by atoms with Gasteiger partial charge >= 0.3 is 5.97 Å². The second kappa shape index (κ2) is 16.0. The van der Waals surface area contributed by atoms with Crippen LogP contribution in [0, 0.1) is 6.92 Å². The van der Waals surface area contributed by atoms with Crippen LogP contribution in [-0.4, -0.2) is 98.8 Å². The van der Waals surface area contributed by atoms with Crippen molar-refractivity contribution in [2.24, 2.45) is 0 Å². The van der Waals surface area contributed by atoms with Crippen LogP contribution in [0.4, 0.5) is 0 Å². The number of aliphatic hydroxyl groups is 3. The number of hydrogen-bond acceptors (Lipinski definition) is 10. The molecule has 49 heavy (non-hydrogen) atoms. The highest BCUT2D eigenvalue weighted by Gasteiger charge is 2.47. The van der Waals surface area contributed by atoms with Crippen LogP contribution in [-0.2, 0) is 34.0 Å². The lowest BCUT2D eigenvalue weighted by atomic mass is 9.91. The molecule has 2 aromatic carbocycles. The molecule has 0 spiro atoms. The average Bonchev–Trinajstić information content (AvgIpc) is 3.31. The van der Waals surface area contributed by atoms with Gasteiger partial charge in [0.2, 0.25) is 0 Å². The minimum absolute atomic E-state index is 0.117. The molecule has 1 aliphatic carbocycles. The first kappa shape index (κ1) is 35.3. The molecule has 3 heterocycles. The summed E-state index contributed by atoms with van der Waals surface area (Å²) in [4.78, 5) is 32.9. The number of aryl methyl sites for hydroxylation is 1. The van der Waals surface area contributed by atoms with Gasteiger partial charge in [0, 0.05) is 62.2 Å². The number of amides is 1. The fourth-order valence-electron chi connectivity index (χ4n) is 7.37. The lowest BCUT2D eigenvalue weighted by Crippen LogP contribution is -2.59. The number of aliphatic hydroxyl groups excluding tert-OH is 3. The average molecular weight is 674 g/mol. The van der Waals surface area contributed by atoms with Crippen LogP contribution in [0.15, 0.2) is 71.5 Å². The molecule has 0 aromatic heterocycles. The van der Waals surface area contributed by atoms with Crippen LogP contribution in [0.1, 0.15) is 67.7 Å². The Morgan fingerprint density at radius 2 is 1.76 bits per heavy atom. The van der Waals surface area contributed by atoms with Crippen LogP contribution >= 0.6 is 0 Å². The van der Waals surface area contributed by atoms with E-state index in [1.54, 1.807) is 6.92 Å². The zero-order valence-electron chi connectivity index (χ0n) is 28.7. The fourth-order valence-corrected chi connectivity index (χ4v) is 7.37. The lowest BCUT2D eigenvalue weighted by molar-refractivity contribution is -0.144. The number of nitrogens with one attached hydrogen (secondary N) is 2. The second-order valence-corrected chi connectivity index (χ2v) is 13.9. The normalized spacial score (nSPS) is 27.3. The number of allylic oxidation sites excluding steroid dienone is 1. The summed E-state index contributed by atoms with van der Waals surface area (Å²) < 4.78 is 5.43. The highest BCUT2D eigenvalue weighted by Crippen LogP contribution is 2.35. The van der Waals surface area contributed by atoms with E-state index in [4.69, 9.17) is 4.74 Å². The van der Waals surface area contributed by atoms with E-state index < -0.39 is 36.6 Å². The molecule has 11 heteroatoms. The van der Waals surface area contributed by atoms with Gasteiger partial charge in [0.25, 0.3) is 5.91 Å². The number of hydrogen-bond donors (Lipinski definition) is 5. The number of nitrogens with zero attached hydrogens (tertiary/aromatic N) is 3. The summed E-state index contributed by atoms with van der Waals surface area (Å²) in [5, 5.41) is 38.3. The van der Waals surface area contributed by atoms with Crippen LogP contribution in [0.2, 0.25) is 0 Å². The van der Waals surface area contributed by atoms with Gasteiger partial charge in [0.1, 0.15) is 19.1 Å². The zero-order chi connectivity index (χ0) is 34.5. The van der Waals surface area contributed by atoms with Gasteiger partial charge in [-0.15, -0.1) is 0 Å². The summed E-state index contributed by atoms with van der Waals surface area (Å²) in [5.41, 5.74) is 5.61. The molecule has 0 radical (unpaired) electrons. The number of likely N-dealkylation sites (tertiary alicyclic amines) is 1. The third kappa shape index (κ3) is 8.42. The molecule has 1 saturated carbocycles. The minimum atomic E-state index is -1.35. The third-order valence-electron chi connectivity index (χ3n) is 10.6. The SMILES string of the molecule is CC(NCc1ccc(CN2CCN(C3CCC3)CC2)c(C)c1)=C1/C(=C\CC(=O)OCc2ccccc2)C(=O)N(C2CC[C@@H](O)NC2O)[C@@H]1O. The minimum Gasteiger partial charge on any atom is -0.461 e. The molecule has 3 saturated heterocycles. The smallest absolute Gasteiger partial charge is 0.310 e. The maximum Gasteiger partial charge on any atom is 0.310 e. The van der Waals surface area contributed by atoms with Crippen molar-refractivity contribution in [2.75, 3.05) is 26.2 Å². The van der Waals surface area contributed by atoms with Crippen LogP contribution in [0.5, 0.6) is 0 Å². The molecular weight excluding hydrogens is 622 g/mol. The van der Waals surface area contributed by atoms with E-state index >= 15 is 0 Å². The molecule has 5 N–H and O–H groups in total. The summed E-state index contributed by atoms with van der Waals surface area (Å²) in [6.45, 7) is 9.97. The van der Waals surface area contributed by atoms with E-state index in [0.29, 0.717) is 30.7 Å². The van der Waals surface area contributed by atoms with Gasteiger partial charge < -0.3 is 30.3 Å². The summed E-state index contributed by atoms with van der Waals surface area (Å²) in [7, 11) is 0. The number of rotatable bonds is 11. The Hall–Kier alpha value is -3.58. The van der Waals surface area contributed by atoms with Gasteiger partial charge in [0.15, 0.2) is 6.23 Å². The number of esters is 1. The molecule has 2 unspecified atom stereocenters. The summed E-state index contributed by atoms with van der Waals surface area (Å²) in [6.07, 6.45) is 2.56. The molecule has 11 nitrogen and oxygen atoms in total. The maximum atomic E-state index is 13.8. The van der Waals surface area contributed by atoms with Gasteiger partial charge in [-0.25, -0.2) is 0 Å². The standard InChI is InChI=1S/C38H51N5O6/c1-25-21-28(11-12-29(25)23-41-17-19-42(20-18-41)30-9-6-10-30)22-39-26(2)35-31(13-16-34(45)49-24-27-7-4-3-5-8-27)37(47)43(38(35)48)32-14-15-33(44)40-36(32)46/h3-5,7-8,11-13,21,30,32-33,36,38-40,44,46,48H,6,9-10,14-20,22-24H2,1-2H3/b31-13+,35-26?/t32?,33-,36?,38-/m1/s1. The Morgan fingerprint density at radius 1 is 1.00 bits per heavy atom. The van der Waals surface area contributed by atoms with Gasteiger partial charge in [-0.2, -0.15) is 0 Å². The van der Waals surface area contributed by atoms with E-state index in [1.165, 1.54) is 41.4 Å². The Morgan fingerprint density at radius 3 is 2.43 bits per heavy atom. The summed E-state index contributed by atoms with van der Waals surface area (Å²) in [5.74, 6) is -0.990. The molecule has 264 valence electrons. The number of carbonyl (C=O) groups is 2.